The average Bonchev–Trinajstić information content (AvgIpc) is 2.13. The van der Waals surface area contributed by atoms with Gasteiger partial charge in [-0.2, -0.15) is 0 Å². The summed E-state index contributed by atoms with van der Waals surface area (Å²) in [5, 5.41) is 1.16. The molecule has 0 fully saturated rings. The highest BCUT2D eigenvalue weighted by Gasteiger charge is 2.08. The van der Waals surface area contributed by atoms with E-state index in [-0.39, 0.29) is 6.10 Å². The molecule has 1 atom stereocenters. The zero-order chi connectivity index (χ0) is 9.84. The van der Waals surface area contributed by atoms with E-state index in [0.29, 0.717) is 10.0 Å². The highest BCUT2D eigenvalue weighted by Crippen LogP contribution is 2.28. The Morgan fingerprint density at radius 1 is 1.31 bits per heavy atom. The Balaban J connectivity index is 2.95. The Bertz CT molecular complexity index is 282. The lowest BCUT2D eigenvalue weighted by Crippen LogP contribution is -1.99. The predicted molar refractivity (Wildman–Crippen MR) is 56.5 cm³/mol. The van der Waals surface area contributed by atoms with Crippen molar-refractivity contribution in [3.8, 4) is 0 Å². The molecule has 0 N–H and O–H groups in total. The van der Waals surface area contributed by atoms with Gasteiger partial charge in [0.2, 0.25) is 0 Å². The predicted octanol–water partition coefficient (Wildman–Crippen LogP) is 4.09. The Kier molecular flexibility index (Phi) is 4.04. The molecule has 13 heavy (non-hydrogen) atoms. The monoisotopic (exact) mass is 218 g/mol. The summed E-state index contributed by atoms with van der Waals surface area (Å²) in [6.07, 6.45) is 1.03. The van der Waals surface area contributed by atoms with Crippen molar-refractivity contribution in [3.05, 3.63) is 33.8 Å². The van der Waals surface area contributed by atoms with Gasteiger partial charge in [0.15, 0.2) is 0 Å². The summed E-state index contributed by atoms with van der Waals surface area (Å²) in [5.74, 6) is 0. The third-order valence-corrected chi connectivity index (χ3v) is 2.71. The topological polar surface area (TPSA) is 9.23 Å². The first-order chi connectivity index (χ1) is 6.19. The summed E-state index contributed by atoms with van der Waals surface area (Å²) in [5.41, 5.74) is 1.07. The van der Waals surface area contributed by atoms with Crippen molar-refractivity contribution in [2.75, 3.05) is 7.11 Å². The molecule has 1 nitrogen and oxygen atoms in total. The van der Waals surface area contributed by atoms with Crippen LogP contribution in [-0.4, -0.2) is 7.11 Å². The van der Waals surface area contributed by atoms with Gasteiger partial charge in [0.05, 0.1) is 16.1 Å². The minimum atomic E-state index is 0.106. The standard InChI is InChI=1S/C10H12Cl2O/c1-3-10(13-2)7-4-5-8(11)9(12)6-7/h4-6,10H,3H2,1-2H3. The van der Waals surface area contributed by atoms with Gasteiger partial charge in [-0.15, -0.1) is 0 Å². The molecule has 0 aliphatic heterocycles. The summed E-state index contributed by atoms with van der Waals surface area (Å²) < 4.78 is 5.28. The van der Waals surface area contributed by atoms with Crippen LogP contribution in [0.2, 0.25) is 10.0 Å². The normalized spacial score (nSPS) is 12.9. The zero-order valence-electron chi connectivity index (χ0n) is 7.68. The lowest BCUT2D eigenvalue weighted by atomic mass is 10.1. The van der Waals surface area contributed by atoms with E-state index in [1.54, 1.807) is 13.2 Å². The fourth-order valence-corrected chi connectivity index (χ4v) is 1.56. The van der Waals surface area contributed by atoms with Crippen molar-refractivity contribution in [1.82, 2.24) is 0 Å². The molecule has 1 rings (SSSR count). The zero-order valence-corrected chi connectivity index (χ0v) is 9.19. The van der Waals surface area contributed by atoms with Gasteiger partial charge in [-0.25, -0.2) is 0 Å². The van der Waals surface area contributed by atoms with Crippen LogP contribution in [0.4, 0.5) is 0 Å². The molecule has 1 aromatic rings. The maximum atomic E-state index is 5.88. The first-order valence-electron chi connectivity index (χ1n) is 4.16. The lowest BCUT2D eigenvalue weighted by molar-refractivity contribution is 0.100. The molecule has 1 unspecified atom stereocenters. The van der Waals surface area contributed by atoms with Crippen molar-refractivity contribution in [2.45, 2.75) is 19.4 Å². The molecule has 0 aliphatic carbocycles. The Labute approximate surface area is 88.6 Å². The van der Waals surface area contributed by atoms with E-state index in [1.807, 2.05) is 12.1 Å². The molecule has 0 aromatic heterocycles. The number of benzene rings is 1. The third kappa shape index (κ3) is 2.60. The maximum Gasteiger partial charge on any atom is 0.0819 e. The van der Waals surface area contributed by atoms with Crippen LogP contribution in [0.25, 0.3) is 0 Å². The molecular weight excluding hydrogens is 207 g/mol. The SMILES string of the molecule is CCC(OC)c1ccc(Cl)c(Cl)c1. The second kappa shape index (κ2) is 4.85. The maximum absolute atomic E-state index is 5.88. The van der Waals surface area contributed by atoms with Gasteiger partial charge < -0.3 is 4.74 Å². The van der Waals surface area contributed by atoms with E-state index in [9.17, 15) is 0 Å². The molecule has 0 amide bonds. The highest BCUT2D eigenvalue weighted by molar-refractivity contribution is 6.42. The van der Waals surface area contributed by atoms with Gasteiger partial charge in [-0.05, 0) is 24.1 Å². The molecular formula is C10H12Cl2O. The number of halogens is 2. The average molecular weight is 219 g/mol. The molecule has 72 valence electrons. The molecule has 3 heteroatoms. The van der Waals surface area contributed by atoms with Gasteiger partial charge in [0, 0.05) is 7.11 Å². The summed E-state index contributed by atoms with van der Waals surface area (Å²) in [7, 11) is 1.69. The van der Waals surface area contributed by atoms with Crippen molar-refractivity contribution in [2.24, 2.45) is 0 Å². The minimum Gasteiger partial charge on any atom is -0.377 e. The second-order valence-corrected chi connectivity index (χ2v) is 3.62. The van der Waals surface area contributed by atoms with Crippen LogP contribution in [0.1, 0.15) is 25.0 Å². The van der Waals surface area contributed by atoms with Crippen LogP contribution in [0, 0.1) is 0 Å². The molecule has 0 heterocycles. The van der Waals surface area contributed by atoms with E-state index in [1.165, 1.54) is 0 Å². The quantitative estimate of drug-likeness (QED) is 0.743. The summed E-state index contributed by atoms with van der Waals surface area (Å²) in [6.45, 7) is 2.07. The van der Waals surface area contributed by atoms with Crippen molar-refractivity contribution >= 4 is 23.2 Å². The van der Waals surface area contributed by atoms with Gasteiger partial charge in [0.25, 0.3) is 0 Å². The van der Waals surface area contributed by atoms with Crippen LogP contribution in [0.3, 0.4) is 0 Å². The Morgan fingerprint density at radius 2 is 2.00 bits per heavy atom. The van der Waals surface area contributed by atoms with E-state index >= 15 is 0 Å². The molecule has 0 bridgehead atoms. The third-order valence-electron chi connectivity index (χ3n) is 1.97. The molecule has 1 aromatic carbocycles. The number of rotatable bonds is 3. The molecule has 0 spiro atoms. The number of hydrogen-bond donors (Lipinski definition) is 0. The van der Waals surface area contributed by atoms with Crippen LogP contribution in [0.15, 0.2) is 18.2 Å². The van der Waals surface area contributed by atoms with E-state index in [4.69, 9.17) is 27.9 Å². The molecule has 0 saturated carbocycles. The first kappa shape index (κ1) is 10.8. The molecule has 0 aliphatic rings. The summed E-state index contributed by atoms with van der Waals surface area (Å²) in [4.78, 5) is 0. The Hall–Kier alpha value is -0.240. The van der Waals surface area contributed by atoms with E-state index in [2.05, 4.69) is 6.92 Å². The van der Waals surface area contributed by atoms with Gasteiger partial charge in [0.1, 0.15) is 0 Å². The van der Waals surface area contributed by atoms with Crippen molar-refractivity contribution in [3.63, 3.8) is 0 Å². The van der Waals surface area contributed by atoms with Gasteiger partial charge >= 0.3 is 0 Å². The largest absolute Gasteiger partial charge is 0.377 e. The highest BCUT2D eigenvalue weighted by atomic mass is 35.5. The van der Waals surface area contributed by atoms with Crippen molar-refractivity contribution in [1.29, 1.82) is 0 Å². The van der Waals surface area contributed by atoms with Gasteiger partial charge in [-0.3, -0.25) is 0 Å². The van der Waals surface area contributed by atoms with E-state index in [0.717, 1.165) is 12.0 Å². The first-order valence-corrected chi connectivity index (χ1v) is 4.92. The second-order valence-electron chi connectivity index (χ2n) is 2.81. The van der Waals surface area contributed by atoms with Crippen LogP contribution < -0.4 is 0 Å². The van der Waals surface area contributed by atoms with Crippen LogP contribution in [0.5, 0.6) is 0 Å². The number of ether oxygens (including phenoxy) is 1. The minimum absolute atomic E-state index is 0.106. The smallest absolute Gasteiger partial charge is 0.0819 e. The van der Waals surface area contributed by atoms with Crippen LogP contribution in [-0.2, 0) is 4.74 Å². The van der Waals surface area contributed by atoms with Crippen molar-refractivity contribution < 1.29 is 4.74 Å². The summed E-state index contributed by atoms with van der Waals surface area (Å²) in [6, 6.07) is 5.58. The summed E-state index contributed by atoms with van der Waals surface area (Å²) >= 11 is 11.7. The van der Waals surface area contributed by atoms with Crippen LogP contribution >= 0.6 is 23.2 Å². The fourth-order valence-electron chi connectivity index (χ4n) is 1.25. The fraction of sp³-hybridized carbons (Fsp3) is 0.400. The number of methoxy groups -OCH3 is 1. The Morgan fingerprint density at radius 3 is 2.46 bits per heavy atom. The molecule has 0 radical (unpaired) electrons. The van der Waals surface area contributed by atoms with Gasteiger partial charge in [-0.1, -0.05) is 36.2 Å². The molecule has 0 saturated heterocycles. The lowest BCUT2D eigenvalue weighted by Gasteiger charge is -2.13. The number of hydrogen-bond acceptors (Lipinski definition) is 1. The van der Waals surface area contributed by atoms with E-state index < -0.39 is 0 Å².